The highest BCUT2D eigenvalue weighted by Gasteiger charge is 2.69. The maximum Gasteiger partial charge on any atom is 0.322 e. The molecule has 4 heterocycles. The summed E-state index contributed by atoms with van der Waals surface area (Å²) in [5.41, 5.74) is -0.761. The number of hydrogen-bond donors (Lipinski definition) is 3. The second-order valence-corrected chi connectivity index (χ2v) is 12.1. The van der Waals surface area contributed by atoms with Gasteiger partial charge in [0.05, 0.1) is 6.42 Å². The number of rotatable bonds is 10. The number of carbonyl (C=O) groups is 4. The molecular weight excluding hydrogens is 512 g/mol. The minimum atomic E-state index is -1.18. The van der Waals surface area contributed by atoms with Gasteiger partial charge in [0.1, 0.15) is 12.6 Å². The number of fused-ring (bicyclic) bond motifs is 2. The van der Waals surface area contributed by atoms with Crippen LogP contribution in [0.3, 0.4) is 0 Å². The quantitative estimate of drug-likeness (QED) is 0.270. The summed E-state index contributed by atoms with van der Waals surface area (Å²) >= 11 is 0. The molecular formula is C27H42N2O10. The summed E-state index contributed by atoms with van der Waals surface area (Å²) in [6, 6.07) is -0.904. The molecule has 12 heteroatoms. The first-order valence-corrected chi connectivity index (χ1v) is 14.0. The Labute approximate surface area is 228 Å². The van der Waals surface area contributed by atoms with Crippen LogP contribution >= 0.6 is 0 Å². The molecule has 2 bridgehead atoms. The fourth-order valence-corrected chi connectivity index (χ4v) is 6.67. The third-order valence-corrected chi connectivity index (χ3v) is 8.67. The van der Waals surface area contributed by atoms with Crippen molar-refractivity contribution in [3.05, 3.63) is 0 Å². The van der Waals surface area contributed by atoms with Gasteiger partial charge in [-0.3, -0.25) is 19.2 Å². The van der Waals surface area contributed by atoms with Crippen molar-refractivity contribution < 1.29 is 48.3 Å². The normalized spacial score (nSPS) is 37.8. The molecule has 0 radical (unpaired) electrons. The number of carbonyl (C=O) groups excluding carboxylic acids is 3. The molecule has 9 unspecified atom stereocenters. The Morgan fingerprint density at radius 3 is 2.49 bits per heavy atom. The summed E-state index contributed by atoms with van der Waals surface area (Å²) in [4.78, 5) is 60.4. The van der Waals surface area contributed by atoms with Crippen LogP contribution in [0.1, 0.15) is 79.6 Å². The van der Waals surface area contributed by atoms with Crippen molar-refractivity contribution in [1.82, 2.24) is 10.6 Å². The van der Waals surface area contributed by atoms with Gasteiger partial charge in [0.25, 0.3) is 0 Å². The van der Waals surface area contributed by atoms with Crippen LogP contribution in [-0.2, 0) is 43.2 Å². The predicted octanol–water partition coefficient (Wildman–Crippen LogP) is 2.25. The summed E-state index contributed by atoms with van der Waals surface area (Å²) < 4.78 is 18.2. The van der Waals surface area contributed by atoms with E-state index in [0.717, 1.165) is 19.3 Å². The average Bonchev–Trinajstić information content (AvgIpc) is 3.09. The predicted molar refractivity (Wildman–Crippen MR) is 134 cm³/mol. The Balaban J connectivity index is 1.35. The van der Waals surface area contributed by atoms with Gasteiger partial charge < -0.3 is 30.0 Å². The third-order valence-electron chi connectivity index (χ3n) is 8.67. The summed E-state index contributed by atoms with van der Waals surface area (Å²) in [6.07, 6.45) is 1.77. The number of carboxylic acids is 1. The first-order chi connectivity index (χ1) is 18.3. The molecule has 3 N–H and O–H groups in total. The van der Waals surface area contributed by atoms with E-state index in [9.17, 15) is 19.2 Å². The Bertz CT molecular complexity index is 959. The van der Waals surface area contributed by atoms with Gasteiger partial charge >= 0.3 is 11.9 Å². The van der Waals surface area contributed by atoms with Crippen LogP contribution in [0.5, 0.6) is 0 Å². The van der Waals surface area contributed by atoms with Crippen LogP contribution in [0, 0.1) is 29.6 Å². The largest absolute Gasteiger partial charge is 0.480 e. The second-order valence-electron chi connectivity index (χ2n) is 12.1. The molecule has 1 spiro atoms. The van der Waals surface area contributed by atoms with E-state index >= 15 is 0 Å². The van der Waals surface area contributed by atoms with E-state index in [4.69, 9.17) is 29.1 Å². The Kier molecular flexibility index (Phi) is 8.89. The highest BCUT2D eigenvalue weighted by atomic mass is 17.3. The highest BCUT2D eigenvalue weighted by molar-refractivity contribution is 5.90. The number of nitrogens with one attached hydrogen (secondary N) is 2. The minimum Gasteiger partial charge on any atom is -0.480 e. The van der Waals surface area contributed by atoms with Crippen molar-refractivity contribution in [3.63, 3.8) is 0 Å². The number of esters is 1. The first kappa shape index (κ1) is 29.7. The zero-order valence-corrected chi connectivity index (χ0v) is 23.4. The van der Waals surface area contributed by atoms with Gasteiger partial charge in [-0.05, 0) is 50.4 Å². The van der Waals surface area contributed by atoms with Crippen LogP contribution in [0.15, 0.2) is 0 Å². The zero-order chi connectivity index (χ0) is 28.5. The molecule has 2 amide bonds. The lowest BCUT2D eigenvalue weighted by molar-refractivity contribution is -0.576. The fourth-order valence-electron chi connectivity index (χ4n) is 6.67. The van der Waals surface area contributed by atoms with E-state index in [1.807, 2.05) is 27.7 Å². The van der Waals surface area contributed by atoms with Crippen LogP contribution in [0.25, 0.3) is 0 Å². The number of amides is 2. The number of hydrogen-bond acceptors (Lipinski definition) is 9. The van der Waals surface area contributed by atoms with Crippen LogP contribution in [-0.4, -0.2) is 65.4 Å². The van der Waals surface area contributed by atoms with Gasteiger partial charge in [-0.15, -0.1) is 0 Å². The van der Waals surface area contributed by atoms with E-state index in [-0.39, 0.29) is 36.5 Å². The van der Waals surface area contributed by atoms with Crippen molar-refractivity contribution in [2.45, 2.75) is 110 Å². The molecule has 0 aromatic rings. The highest BCUT2D eigenvalue weighted by Crippen LogP contribution is 2.60. The molecule has 12 nitrogen and oxygen atoms in total. The lowest BCUT2D eigenvalue weighted by atomic mass is 9.58. The molecule has 1 saturated carbocycles. The smallest absolute Gasteiger partial charge is 0.322 e. The van der Waals surface area contributed by atoms with Crippen LogP contribution < -0.4 is 10.6 Å². The molecule has 5 rings (SSSR count). The maximum atomic E-state index is 12.8. The molecule has 39 heavy (non-hydrogen) atoms. The second kappa shape index (κ2) is 11.7. The Morgan fingerprint density at radius 1 is 1.05 bits per heavy atom. The number of carboxylic acid groups (broad SMARTS) is 1. The molecule has 4 saturated heterocycles. The maximum absolute atomic E-state index is 12.8. The molecule has 4 aliphatic heterocycles. The van der Waals surface area contributed by atoms with Crippen molar-refractivity contribution in [2.75, 3.05) is 6.54 Å². The summed E-state index contributed by atoms with van der Waals surface area (Å²) in [6.45, 7) is 9.24. The Hall–Kier alpha value is -2.28. The van der Waals surface area contributed by atoms with Gasteiger partial charge in [0, 0.05) is 24.7 Å². The van der Waals surface area contributed by atoms with Gasteiger partial charge in [-0.25, -0.2) is 9.78 Å². The lowest BCUT2D eigenvalue weighted by Crippen LogP contribution is -2.70. The lowest BCUT2D eigenvalue weighted by Gasteiger charge is -2.59. The van der Waals surface area contributed by atoms with Gasteiger partial charge in [0.15, 0.2) is 11.9 Å². The third kappa shape index (κ3) is 6.23. The van der Waals surface area contributed by atoms with Crippen LogP contribution in [0.2, 0.25) is 0 Å². The number of ether oxygens (including phenoxy) is 3. The number of aliphatic carboxylic acids is 1. The molecule has 5 fully saturated rings. The zero-order valence-electron chi connectivity index (χ0n) is 23.4. The molecule has 0 aromatic heterocycles. The minimum absolute atomic E-state index is 0.00213. The van der Waals surface area contributed by atoms with Crippen molar-refractivity contribution in [1.29, 1.82) is 0 Å². The topological polar surface area (TPSA) is 159 Å². The average molecular weight is 555 g/mol. The molecule has 9 atom stereocenters. The van der Waals surface area contributed by atoms with Gasteiger partial charge in [-0.2, -0.15) is 0 Å². The van der Waals surface area contributed by atoms with E-state index in [2.05, 4.69) is 17.6 Å². The first-order valence-electron chi connectivity index (χ1n) is 14.0. The van der Waals surface area contributed by atoms with Gasteiger partial charge in [-0.1, -0.05) is 27.7 Å². The SMILES string of the molecule is CC(C)CC(NC(=O)CCC(=O)OC1OC2OC3(C)CCC4C(C)CCC(C1C)C24OO3)C(=O)NCC(=O)O. The Morgan fingerprint density at radius 2 is 1.79 bits per heavy atom. The van der Waals surface area contributed by atoms with Crippen molar-refractivity contribution >= 4 is 23.8 Å². The standard InChI is InChI=1S/C27H42N2O10/c1-14(2)12-19(23(34)28-13-21(31)32)29-20(30)8-9-22(33)35-24-16(4)18-7-6-15(3)17-10-11-26(5)37-25(36-24)27(17,18)39-38-26/h14-19,24-25H,6-13H2,1-5H3,(H,28,34)(H,29,30)(H,31,32). The van der Waals surface area contributed by atoms with Crippen LogP contribution in [0.4, 0.5) is 0 Å². The fraction of sp³-hybridized carbons (Fsp3) is 0.852. The van der Waals surface area contributed by atoms with E-state index in [0.29, 0.717) is 18.8 Å². The van der Waals surface area contributed by atoms with Crippen molar-refractivity contribution in [3.8, 4) is 0 Å². The molecule has 5 aliphatic rings. The monoisotopic (exact) mass is 554 g/mol. The molecule has 0 aromatic carbocycles. The van der Waals surface area contributed by atoms with Gasteiger partial charge in [0.2, 0.25) is 23.9 Å². The van der Waals surface area contributed by atoms with Crippen molar-refractivity contribution in [2.24, 2.45) is 29.6 Å². The summed E-state index contributed by atoms with van der Waals surface area (Å²) in [5.74, 6) is -3.31. The van der Waals surface area contributed by atoms with E-state index in [1.54, 1.807) is 0 Å². The van der Waals surface area contributed by atoms with E-state index < -0.39 is 60.3 Å². The molecule has 1 aliphatic carbocycles. The summed E-state index contributed by atoms with van der Waals surface area (Å²) in [5, 5.41) is 13.7. The summed E-state index contributed by atoms with van der Waals surface area (Å²) in [7, 11) is 0. The molecule has 220 valence electrons. The van der Waals surface area contributed by atoms with E-state index in [1.165, 1.54) is 0 Å².